The van der Waals surface area contributed by atoms with E-state index >= 15 is 0 Å². The second kappa shape index (κ2) is 3.58. The van der Waals surface area contributed by atoms with Gasteiger partial charge in [-0.1, -0.05) is 20.8 Å². The Morgan fingerprint density at radius 1 is 1.15 bits per heavy atom. The fourth-order valence-corrected chi connectivity index (χ4v) is 2.89. The lowest BCUT2D eigenvalue weighted by molar-refractivity contribution is -0.0500. The van der Waals surface area contributed by atoms with Crippen molar-refractivity contribution in [2.75, 3.05) is 0 Å². The van der Waals surface area contributed by atoms with E-state index in [9.17, 15) is 21.6 Å². The van der Waals surface area contributed by atoms with Crippen LogP contribution >= 0.6 is 0 Å². The molecule has 0 saturated heterocycles. The summed E-state index contributed by atoms with van der Waals surface area (Å²) in [6.45, 7) is 4.89. The van der Waals surface area contributed by atoms with Gasteiger partial charge in [0.25, 0.3) is 0 Å². The van der Waals surface area contributed by atoms with Crippen molar-refractivity contribution in [2.24, 2.45) is 0 Å². The zero-order valence-corrected chi connectivity index (χ0v) is 9.70. The number of hydrogen-bond acceptors (Lipinski definition) is 3. The summed E-state index contributed by atoms with van der Waals surface area (Å²) in [4.78, 5) is 0. The predicted molar refractivity (Wildman–Crippen MR) is 44.3 cm³/mol. The van der Waals surface area contributed by atoms with Crippen LogP contribution in [0.25, 0.3) is 0 Å². The van der Waals surface area contributed by atoms with Crippen LogP contribution in [0.2, 0.25) is 5.04 Å². The zero-order valence-electron chi connectivity index (χ0n) is 7.47. The Labute approximate surface area is 77.3 Å². The Kier molecular flexibility index (Phi) is 3.56. The summed E-state index contributed by atoms with van der Waals surface area (Å²) in [5, 5.41) is -0.488. The minimum Gasteiger partial charge on any atom is -0.315 e. The van der Waals surface area contributed by atoms with Gasteiger partial charge >= 0.3 is 15.6 Å². The van der Waals surface area contributed by atoms with Crippen LogP contribution in [0.5, 0.6) is 0 Å². The molecule has 0 aromatic carbocycles. The van der Waals surface area contributed by atoms with Crippen molar-refractivity contribution in [3.8, 4) is 0 Å². The van der Waals surface area contributed by atoms with Crippen molar-refractivity contribution in [1.82, 2.24) is 0 Å². The Morgan fingerprint density at radius 2 is 1.54 bits per heavy atom. The predicted octanol–water partition coefficient (Wildman–Crippen LogP) is 1.15. The highest BCUT2D eigenvalue weighted by molar-refractivity contribution is 7.88. The van der Waals surface area contributed by atoms with E-state index in [2.05, 4.69) is 3.87 Å². The third-order valence-corrected chi connectivity index (χ3v) is 4.08. The van der Waals surface area contributed by atoms with Crippen LogP contribution < -0.4 is 0 Å². The van der Waals surface area contributed by atoms with Crippen LogP contribution in [0.4, 0.5) is 13.2 Å². The highest BCUT2D eigenvalue weighted by Gasteiger charge is 2.47. The summed E-state index contributed by atoms with van der Waals surface area (Å²) in [5.41, 5.74) is -5.30. The molecule has 0 aliphatic carbocycles. The lowest BCUT2D eigenvalue weighted by atomic mass is 10.3. The second-order valence-corrected chi connectivity index (χ2v) is 8.45. The van der Waals surface area contributed by atoms with Crippen molar-refractivity contribution < 1.29 is 25.5 Å². The van der Waals surface area contributed by atoms with Gasteiger partial charge in [-0.05, 0) is 5.04 Å². The van der Waals surface area contributed by atoms with Crippen LogP contribution in [0.15, 0.2) is 0 Å². The molecular weight excluding hydrogens is 225 g/mol. The van der Waals surface area contributed by atoms with Gasteiger partial charge in [0.15, 0.2) is 9.76 Å². The van der Waals surface area contributed by atoms with Crippen molar-refractivity contribution >= 4 is 19.9 Å². The van der Waals surface area contributed by atoms with E-state index in [1.807, 2.05) is 0 Å². The lowest BCUT2D eigenvalue weighted by Crippen LogP contribution is -2.29. The molecule has 0 bridgehead atoms. The Balaban J connectivity index is 4.40. The average Bonchev–Trinajstić information content (AvgIpc) is 1.79. The molecule has 0 radical (unpaired) electrons. The smallest absolute Gasteiger partial charge is 0.315 e. The first-order chi connectivity index (χ1) is 5.46. The SMILES string of the molecule is CC(C)(C)[SiH2]OS(=O)(=O)C(F)(F)F. The average molecular weight is 236 g/mol. The molecule has 0 amide bonds. The van der Waals surface area contributed by atoms with Gasteiger partial charge < -0.3 is 3.87 Å². The second-order valence-electron chi connectivity index (χ2n) is 3.72. The maximum Gasteiger partial charge on any atom is 0.522 e. The normalized spacial score (nSPS) is 15.5. The molecular formula is C5H11F3O3SSi. The number of hydrogen-bond donors (Lipinski definition) is 0. The fourth-order valence-electron chi connectivity index (χ4n) is 0.321. The van der Waals surface area contributed by atoms with Gasteiger partial charge in [-0.2, -0.15) is 21.6 Å². The molecule has 0 spiro atoms. The molecule has 13 heavy (non-hydrogen) atoms. The Bertz CT molecular complexity index is 264. The molecule has 0 fully saturated rings. The molecule has 0 aliphatic rings. The molecule has 0 aromatic rings. The topological polar surface area (TPSA) is 43.4 Å². The maximum absolute atomic E-state index is 11.7. The van der Waals surface area contributed by atoms with Gasteiger partial charge in [-0.15, -0.1) is 0 Å². The zero-order chi connectivity index (χ0) is 10.9. The molecule has 0 unspecified atom stereocenters. The maximum atomic E-state index is 11.7. The van der Waals surface area contributed by atoms with E-state index in [0.717, 1.165) is 0 Å². The number of alkyl halides is 3. The molecule has 0 rings (SSSR count). The summed E-state index contributed by atoms with van der Waals surface area (Å²) < 4.78 is 59.9. The summed E-state index contributed by atoms with van der Waals surface area (Å²) in [6.07, 6.45) is 0. The van der Waals surface area contributed by atoms with Gasteiger partial charge in [0, 0.05) is 0 Å². The highest BCUT2D eigenvalue weighted by atomic mass is 32.2. The monoisotopic (exact) mass is 236 g/mol. The minimum atomic E-state index is -5.37. The first kappa shape index (κ1) is 12.9. The highest BCUT2D eigenvalue weighted by Crippen LogP contribution is 2.28. The van der Waals surface area contributed by atoms with Crippen molar-refractivity contribution in [3.63, 3.8) is 0 Å². The van der Waals surface area contributed by atoms with Gasteiger partial charge in [-0.25, -0.2) is 0 Å². The molecule has 3 nitrogen and oxygen atoms in total. The third-order valence-electron chi connectivity index (χ3n) is 0.931. The summed E-state index contributed by atoms with van der Waals surface area (Å²) in [6, 6.07) is 0. The van der Waals surface area contributed by atoms with Gasteiger partial charge in [0.1, 0.15) is 0 Å². The van der Waals surface area contributed by atoms with Crippen molar-refractivity contribution in [1.29, 1.82) is 0 Å². The minimum absolute atomic E-state index is 0.488. The molecule has 8 heteroatoms. The van der Waals surface area contributed by atoms with Crippen LogP contribution in [0, 0.1) is 0 Å². The van der Waals surface area contributed by atoms with Crippen molar-refractivity contribution in [2.45, 2.75) is 31.3 Å². The van der Waals surface area contributed by atoms with Gasteiger partial charge in [-0.3, -0.25) is 0 Å². The molecule has 80 valence electrons. The van der Waals surface area contributed by atoms with E-state index in [-0.39, 0.29) is 0 Å². The van der Waals surface area contributed by atoms with Crippen LogP contribution in [0.3, 0.4) is 0 Å². The van der Waals surface area contributed by atoms with Gasteiger partial charge in [0.2, 0.25) is 0 Å². The van der Waals surface area contributed by atoms with Crippen molar-refractivity contribution in [3.05, 3.63) is 0 Å². The van der Waals surface area contributed by atoms with Crippen LogP contribution in [-0.4, -0.2) is 23.7 Å². The third kappa shape index (κ3) is 4.63. The Morgan fingerprint density at radius 3 is 1.77 bits per heavy atom. The summed E-state index contributed by atoms with van der Waals surface area (Å²) >= 11 is 0. The fraction of sp³-hybridized carbons (Fsp3) is 1.00. The van der Waals surface area contributed by atoms with Crippen LogP contribution in [0.1, 0.15) is 20.8 Å². The number of rotatable bonds is 2. The molecule has 0 N–H and O–H groups in total. The molecule has 0 aromatic heterocycles. The van der Waals surface area contributed by atoms with E-state index in [4.69, 9.17) is 0 Å². The van der Waals surface area contributed by atoms with E-state index in [0.29, 0.717) is 0 Å². The van der Waals surface area contributed by atoms with E-state index in [1.165, 1.54) is 0 Å². The quantitative estimate of drug-likeness (QED) is 0.533. The van der Waals surface area contributed by atoms with E-state index in [1.54, 1.807) is 20.8 Å². The first-order valence-corrected chi connectivity index (χ1v) is 6.11. The largest absolute Gasteiger partial charge is 0.522 e. The Hall–Kier alpha value is -0.0831. The van der Waals surface area contributed by atoms with Gasteiger partial charge in [0.05, 0.1) is 0 Å². The molecule has 0 saturated carbocycles. The number of halogens is 3. The molecule has 0 aliphatic heterocycles. The van der Waals surface area contributed by atoms with Crippen LogP contribution in [-0.2, 0) is 14.0 Å². The lowest BCUT2D eigenvalue weighted by Gasteiger charge is -2.17. The van der Waals surface area contributed by atoms with E-state index < -0.39 is 30.4 Å². The standard InChI is InChI=1S/C5H11F3O3SSi/c1-4(2,3)13-11-12(9,10)5(6,7)8/h13H2,1-3H3. The molecule has 0 atom stereocenters. The summed E-state index contributed by atoms with van der Waals surface area (Å²) in [5.74, 6) is 0. The first-order valence-electron chi connectivity index (χ1n) is 3.41. The molecule has 0 heterocycles. The summed E-state index contributed by atoms with van der Waals surface area (Å²) in [7, 11) is -7.11.